The van der Waals surface area contributed by atoms with Crippen LogP contribution in [-0.4, -0.2) is 35.1 Å². The van der Waals surface area contributed by atoms with Crippen LogP contribution in [0, 0.1) is 11.8 Å². The van der Waals surface area contributed by atoms with Gasteiger partial charge < -0.3 is 10.2 Å². The Morgan fingerprint density at radius 2 is 2.05 bits per heavy atom. The molecule has 0 spiro atoms. The van der Waals surface area contributed by atoms with Gasteiger partial charge in [0.05, 0.1) is 6.04 Å². The van der Waals surface area contributed by atoms with Crippen LogP contribution >= 0.6 is 11.3 Å². The first-order valence-corrected chi connectivity index (χ1v) is 9.46. The molecule has 3 rings (SSSR count). The molecule has 2 heterocycles. The first kappa shape index (κ1) is 15.4. The zero-order valence-corrected chi connectivity index (χ0v) is 14.4. The summed E-state index contributed by atoms with van der Waals surface area (Å²) in [5.74, 6) is 1.66. The molecular formula is C17H29N3S. The van der Waals surface area contributed by atoms with E-state index in [1.807, 2.05) is 6.20 Å². The Labute approximate surface area is 133 Å². The van der Waals surface area contributed by atoms with Gasteiger partial charge in [-0.15, -0.1) is 11.3 Å². The number of hydrogen-bond donors (Lipinski definition) is 1. The van der Waals surface area contributed by atoms with Crippen LogP contribution in [0.15, 0.2) is 11.6 Å². The fourth-order valence-electron chi connectivity index (χ4n) is 4.17. The van der Waals surface area contributed by atoms with Crippen molar-refractivity contribution in [1.82, 2.24) is 15.2 Å². The number of thiazole rings is 1. The summed E-state index contributed by atoms with van der Waals surface area (Å²) in [4.78, 5) is 7.23. The Balaban J connectivity index is 1.70. The van der Waals surface area contributed by atoms with Gasteiger partial charge in [0.15, 0.2) is 0 Å². The van der Waals surface area contributed by atoms with Crippen molar-refractivity contribution in [3.8, 4) is 0 Å². The van der Waals surface area contributed by atoms with E-state index in [2.05, 4.69) is 41.4 Å². The van der Waals surface area contributed by atoms with Crippen molar-refractivity contribution < 1.29 is 0 Å². The van der Waals surface area contributed by atoms with Crippen LogP contribution in [0.3, 0.4) is 0 Å². The summed E-state index contributed by atoms with van der Waals surface area (Å²) in [6.07, 6.45) is 7.29. The minimum absolute atomic E-state index is 0.448. The van der Waals surface area contributed by atoms with E-state index < -0.39 is 0 Å². The van der Waals surface area contributed by atoms with Gasteiger partial charge in [-0.1, -0.05) is 13.3 Å². The Kier molecular flexibility index (Phi) is 4.97. The molecule has 1 aliphatic carbocycles. The maximum atomic E-state index is 4.54. The van der Waals surface area contributed by atoms with Crippen LogP contribution < -0.4 is 5.32 Å². The largest absolute Gasteiger partial charge is 0.304 e. The van der Waals surface area contributed by atoms with Crippen LogP contribution in [0.4, 0.5) is 0 Å². The number of fused-ring (bicyclic) bond motifs is 2. The summed E-state index contributed by atoms with van der Waals surface area (Å²) in [7, 11) is 0. The Morgan fingerprint density at radius 3 is 2.57 bits per heavy atom. The van der Waals surface area contributed by atoms with Gasteiger partial charge in [0.1, 0.15) is 5.01 Å². The predicted octanol–water partition coefficient (Wildman–Crippen LogP) is 3.69. The zero-order valence-electron chi connectivity index (χ0n) is 13.6. The third-order valence-electron chi connectivity index (χ3n) is 5.39. The van der Waals surface area contributed by atoms with Crippen molar-refractivity contribution in [2.75, 3.05) is 13.1 Å². The van der Waals surface area contributed by atoms with Crippen molar-refractivity contribution in [3.63, 3.8) is 0 Å². The molecule has 1 saturated carbocycles. The third kappa shape index (κ3) is 3.33. The van der Waals surface area contributed by atoms with Crippen molar-refractivity contribution in [3.05, 3.63) is 16.6 Å². The number of hydrogen-bond acceptors (Lipinski definition) is 4. The zero-order chi connectivity index (χ0) is 14.8. The molecular weight excluding hydrogens is 278 g/mol. The number of rotatable bonds is 5. The normalized spacial score (nSPS) is 31.5. The SMILES string of the molecule is CCC(NC1C2CCCC1CN(C(C)C)C2)c1nccs1. The topological polar surface area (TPSA) is 28.2 Å². The highest BCUT2D eigenvalue weighted by Gasteiger charge is 2.40. The average Bonchev–Trinajstić information content (AvgIpc) is 2.97. The highest BCUT2D eigenvalue weighted by atomic mass is 32.1. The standard InChI is InChI=1S/C17H29N3S/c1-4-15(17-18-8-9-21-17)19-16-13-6-5-7-14(16)11-20(10-13)12(2)3/h8-9,12-16,19H,4-7,10-11H2,1-3H3. The van der Waals surface area contributed by atoms with Crippen LogP contribution in [0.5, 0.6) is 0 Å². The molecule has 2 fully saturated rings. The van der Waals surface area contributed by atoms with E-state index in [0.717, 1.165) is 18.3 Å². The molecule has 2 bridgehead atoms. The molecule has 0 aromatic carbocycles. The third-order valence-corrected chi connectivity index (χ3v) is 6.27. The molecule has 2 aliphatic rings. The number of likely N-dealkylation sites (tertiary alicyclic amines) is 1. The smallest absolute Gasteiger partial charge is 0.109 e. The van der Waals surface area contributed by atoms with Crippen molar-refractivity contribution >= 4 is 11.3 Å². The van der Waals surface area contributed by atoms with E-state index in [1.54, 1.807) is 11.3 Å². The number of nitrogens with one attached hydrogen (secondary N) is 1. The van der Waals surface area contributed by atoms with Gasteiger partial charge in [0, 0.05) is 36.8 Å². The van der Waals surface area contributed by atoms with Crippen LogP contribution in [0.25, 0.3) is 0 Å². The highest BCUT2D eigenvalue weighted by molar-refractivity contribution is 7.09. The van der Waals surface area contributed by atoms with Crippen LogP contribution in [0.2, 0.25) is 0 Å². The van der Waals surface area contributed by atoms with Gasteiger partial charge in [-0.05, 0) is 44.9 Å². The Morgan fingerprint density at radius 1 is 1.33 bits per heavy atom. The lowest BCUT2D eigenvalue weighted by molar-refractivity contribution is 0.0246. The maximum absolute atomic E-state index is 4.54. The van der Waals surface area contributed by atoms with E-state index in [0.29, 0.717) is 18.1 Å². The molecule has 3 nitrogen and oxygen atoms in total. The molecule has 1 aliphatic heterocycles. The molecule has 1 saturated heterocycles. The first-order chi connectivity index (χ1) is 10.2. The molecule has 1 N–H and O–H groups in total. The second-order valence-corrected chi connectivity index (χ2v) is 7.95. The van der Waals surface area contributed by atoms with E-state index in [1.165, 1.54) is 37.4 Å². The van der Waals surface area contributed by atoms with Crippen LogP contribution in [0.1, 0.15) is 57.5 Å². The summed E-state index contributed by atoms with van der Waals surface area (Å²) in [5.41, 5.74) is 0. The van der Waals surface area contributed by atoms with Crippen molar-refractivity contribution in [2.24, 2.45) is 11.8 Å². The van der Waals surface area contributed by atoms with Gasteiger partial charge in [0.2, 0.25) is 0 Å². The second kappa shape index (κ2) is 6.76. The molecule has 21 heavy (non-hydrogen) atoms. The van der Waals surface area contributed by atoms with Gasteiger partial charge in [0.25, 0.3) is 0 Å². The maximum Gasteiger partial charge on any atom is 0.109 e. The lowest BCUT2D eigenvalue weighted by Gasteiger charge is -2.50. The predicted molar refractivity (Wildman–Crippen MR) is 89.6 cm³/mol. The minimum atomic E-state index is 0.448. The molecule has 3 atom stereocenters. The number of nitrogens with zero attached hydrogens (tertiary/aromatic N) is 2. The lowest BCUT2D eigenvalue weighted by atomic mass is 9.73. The van der Waals surface area contributed by atoms with Crippen LogP contribution in [-0.2, 0) is 0 Å². The number of piperidine rings is 1. The molecule has 3 unspecified atom stereocenters. The highest BCUT2D eigenvalue weighted by Crippen LogP contribution is 2.37. The summed E-state index contributed by atoms with van der Waals surface area (Å²) in [5, 5.41) is 7.36. The summed E-state index contributed by atoms with van der Waals surface area (Å²) >= 11 is 1.79. The molecule has 4 heteroatoms. The number of aromatic nitrogens is 1. The monoisotopic (exact) mass is 307 g/mol. The molecule has 1 aromatic rings. The summed E-state index contributed by atoms with van der Waals surface area (Å²) < 4.78 is 0. The Bertz CT molecular complexity index is 417. The molecule has 1 aromatic heterocycles. The van der Waals surface area contributed by atoms with E-state index in [-0.39, 0.29) is 0 Å². The van der Waals surface area contributed by atoms with Gasteiger partial charge in [-0.2, -0.15) is 0 Å². The van der Waals surface area contributed by atoms with E-state index in [9.17, 15) is 0 Å². The minimum Gasteiger partial charge on any atom is -0.304 e. The van der Waals surface area contributed by atoms with Gasteiger partial charge >= 0.3 is 0 Å². The van der Waals surface area contributed by atoms with Crippen molar-refractivity contribution in [2.45, 2.75) is 64.6 Å². The molecule has 0 radical (unpaired) electrons. The summed E-state index contributed by atoms with van der Waals surface area (Å²) in [6, 6.07) is 1.83. The van der Waals surface area contributed by atoms with Crippen molar-refractivity contribution in [1.29, 1.82) is 0 Å². The van der Waals surface area contributed by atoms with Gasteiger partial charge in [-0.3, -0.25) is 0 Å². The van der Waals surface area contributed by atoms with Gasteiger partial charge in [-0.25, -0.2) is 4.98 Å². The lowest BCUT2D eigenvalue weighted by Crippen LogP contribution is -2.58. The Hall–Kier alpha value is -0.450. The first-order valence-electron chi connectivity index (χ1n) is 8.58. The fraction of sp³-hybridized carbons (Fsp3) is 0.824. The molecule has 118 valence electrons. The second-order valence-electron chi connectivity index (χ2n) is 7.02. The van der Waals surface area contributed by atoms with E-state index in [4.69, 9.17) is 0 Å². The summed E-state index contributed by atoms with van der Waals surface area (Å²) in [6.45, 7) is 9.51. The van der Waals surface area contributed by atoms with E-state index >= 15 is 0 Å². The molecule has 0 amide bonds. The fourth-order valence-corrected chi connectivity index (χ4v) is 4.95. The quantitative estimate of drug-likeness (QED) is 0.899. The average molecular weight is 308 g/mol.